The molecular weight excluding hydrogens is 186 g/mol. The van der Waals surface area contributed by atoms with Gasteiger partial charge in [-0.15, -0.1) is 0 Å². The Bertz CT molecular complexity index is 269. The Kier molecular flexibility index (Phi) is 2.81. The first kappa shape index (κ1) is 8.97. The number of hydrogen-bond donors (Lipinski definition) is 0. The number of aromatic nitrogens is 1. The van der Waals surface area contributed by atoms with Crippen molar-refractivity contribution in [1.29, 1.82) is 0 Å². The highest BCUT2D eigenvalue weighted by Crippen LogP contribution is 2.23. The van der Waals surface area contributed by atoms with Crippen molar-refractivity contribution in [3.63, 3.8) is 0 Å². The van der Waals surface area contributed by atoms with Crippen LogP contribution in [0.1, 0.15) is 24.8 Å². The molecule has 0 amide bonds. The van der Waals surface area contributed by atoms with Crippen molar-refractivity contribution in [2.24, 2.45) is 0 Å². The van der Waals surface area contributed by atoms with E-state index < -0.39 is 0 Å². The van der Waals surface area contributed by atoms with E-state index in [-0.39, 0.29) is 0 Å². The topological polar surface area (TPSA) is 22.1 Å². The van der Waals surface area contributed by atoms with Gasteiger partial charge in [-0.3, -0.25) is 0 Å². The van der Waals surface area contributed by atoms with Crippen molar-refractivity contribution in [1.82, 2.24) is 4.98 Å². The van der Waals surface area contributed by atoms with Crippen molar-refractivity contribution in [3.05, 3.63) is 29.0 Å². The predicted molar refractivity (Wildman–Crippen MR) is 51.7 cm³/mol. The van der Waals surface area contributed by atoms with Gasteiger partial charge in [-0.2, -0.15) is 0 Å². The summed E-state index contributed by atoms with van der Waals surface area (Å²) < 4.78 is 5.62. The maximum absolute atomic E-state index is 5.66. The van der Waals surface area contributed by atoms with Gasteiger partial charge in [-0.1, -0.05) is 17.7 Å². The summed E-state index contributed by atoms with van der Waals surface area (Å²) in [6, 6.07) is 3.75. The quantitative estimate of drug-likeness (QED) is 0.696. The van der Waals surface area contributed by atoms with Crippen LogP contribution in [0, 0.1) is 0 Å². The van der Waals surface area contributed by atoms with Gasteiger partial charge in [0.1, 0.15) is 5.15 Å². The Labute approximate surface area is 82.9 Å². The largest absolute Gasteiger partial charge is 0.373 e. The van der Waals surface area contributed by atoms with E-state index in [1.54, 1.807) is 12.3 Å². The first-order valence-electron chi connectivity index (χ1n) is 4.56. The SMILES string of the molecule is Clc1ccc(COC2CCC2)cn1. The maximum Gasteiger partial charge on any atom is 0.129 e. The second kappa shape index (κ2) is 4.07. The van der Waals surface area contributed by atoms with Crippen LogP contribution in [0.15, 0.2) is 18.3 Å². The molecule has 1 heterocycles. The van der Waals surface area contributed by atoms with Gasteiger partial charge in [-0.25, -0.2) is 4.98 Å². The average molecular weight is 198 g/mol. The zero-order chi connectivity index (χ0) is 9.10. The third-order valence-electron chi connectivity index (χ3n) is 2.33. The molecule has 1 aromatic heterocycles. The van der Waals surface area contributed by atoms with E-state index in [0.717, 1.165) is 5.56 Å². The highest BCUT2D eigenvalue weighted by atomic mass is 35.5. The third-order valence-corrected chi connectivity index (χ3v) is 2.55. The van der Waals surface area contributed by atoms with Crippen LogP contribution < -0.4 is 0 Å². The molecule has 1 aliphatic rings. The van der Waals surface area contributed by atoms with E-state index in [9.17, 15) is 0 Å². The van der Waals surface area contributed by atoms with Crippen LogP contribution >= 0.6 is 11.6 Å². The van der Waals surface area contributed by atoms with Crippen molar-refractivity contribution in [2.45, 2.75) is 32.0 Å². The van der Waals surface area contributed by atoms with Gasteiger partial charge in [0.25, 0.3) is 0 Å². The lowest BCUT2D eigenvalue weighted by Crippen LogP contribution is -2.21. The molecule has 0 aliphatic heterocycles. The number of pyridine rings is 1. The zero-order valence-electron chi connectivity index (χ0n) is 7.37. The van der Waals surface area contributed by atoms with Gasteiger partial charge < -0.3 is 4.74 Å². The summed E-state index contributed by atoms with van der Waals surface area (Å²) in [7, 11) is 0. The molecule has 2 rings (SSSR count). The van der Waals surface area contributed by atoms with Crippen molar-refractivity contribution < 1.29 is 4.74 Å². The van der Waals surface area contributed by atoms with Gasteiger partial charge in [0, 0.05) is 6.20 Å². The van der Waals surface area contributed by atoms with Gasteiger partial charge in [0.2, 0.25) is 0 Å². The molecule has 0 atom stereocenters. The molecule has 2 nitrogen and oxygen atoms in total. The van der Waals surface area contributed by atoms with Gasteiger partial charge in [0.05, 0.1) is 12.7 Å². The highest BCUT2D eigenvalue weighted by Gasteiger charge is 2.17. The van der Waals surface area contributed by atoms with E-state index in [0.29, 0.717) is 17.9 Å². The van der Waals surface area contributed by atoms with Crippen LogP contribution in [0.4, 0.5) is 0 Å². The fourth-order valence-corrected chi connectivity index (χ4v) is 1.36. The van der Waals surface area contributed by atoms with Crippen LogP contribution in [-0.2, 0) is 11.3 Å². The molecule has 1 saturated carbocycles. The van der Waals surface area contributed by atoms with Gasteiger partial charge >= 0.3 is 0 Å². The van der Waals surface area contributed by atoms with E-state index in [4.69, 9.17) is 16.3 Å². The minimum atomic E-state index is 0.482. The molecule has 1 aliphatic carbocycles. The molecule has 0 bridgehead atoms. The summed E-state index contributed by atoms with van der Waals surface area (Å²) >= 11 is 5.66. The first-order valence-corrected chi connectivity index (χ1v) is 4.94. The molecule has 0 spiro atoms. The lowest BCUT2D eigenvalue weighted by Gasteiger charge is -2.25. The van der Waals surface area contributed by atoms with Gasteiger partial charge in [-0.05, 0) is 30.9 Å². The minimum absolute atomic E-state index is 0.482. The fraction of sp³-hybridized carbons (Fsp3) is 0.500. The summed E-state index contributed by atoms with van der Waals surface area (Å²) in [6.07, 6.45) is 5.97. The smallest absolute Gasteiger partial charge is 0.129 e. The zero-order valence-corrected chi connectivity index (χ0v) is 8.13. The standard InChI is InChI=1S/C10H12ClNO/c11-10-5-4-8(6-12-10)7-13-9-2-1-3-9/h4-6,9H,1-3,7H2. The van der Waals surface area contributed by atoms with Crippen LogP contribution in [0.25, 0.3) is 0 Å². The molecule has 0 saturated heterocycles. The second-order valence-electron chi connectivity index (χ2n) is 3.35. The Morgan fingerprint density at radius 1 is 1.46 bits per heavy atom. The summed E-state index contributed by atoms with van der Waals surface area (Å²) in [5.74, 6) is 0. The normalized spacial score (nSPS) is 17.0. The van der Waals surface area contributed by atoms with Crippen molar-refractivity contribution in [2.75, 3.05) is 0 Å². The molecule has 3 heteroatoms. The summed E-state index contributed by atoms with van der Waals surface area (Å²) in [5, 5.41) is 0.535. The van der Waals surface area contributed by atoms with Gasteiger partial charge in [0.15, 0.2) is 0 Å². The lowest BCUT2D eigenvalue weighted by molar-refractivity contribution is -0.00876. The summed E-state index contributed by atoms with van der Waals surface area (Å²) in [4.78, 5) is 3.99. The number of halogens is 1. The van der Waals surface area contributed by atoms with Crippen LogP contribution in [0.3, 0.4) is 0 Å². The van der Waals surface area contributed by atoms with Crippen LogP contribution in [0.5, 0.6) is 0 Å². The summed E-state index contributed by atoms with van der Waals surface area (Å²) in [6.45, 7) is 0.662. The Morgan fingerprint density at radius 3 is 2.85 bits per heavy atom. The Balaban J connectivity index is 1.83. The maximum atomic E-state index is 5.66. The van der Waals surface area contributed by atoms with E-state index >= 15 is 0 Å². The number of ether oxygens (including phenoxy) is 1. The molecule has 0 radical (unpaired) electrons. The van der Waals surface area contributed by atoms with E-state index in [2.05, 4.69) is 4.98 Å². The minimum Gasteiger partial charge on any atom is -0.373 e. The van der Waals surface area contributed by atoms with E-state index in [1.165, 1.54) is 19.3 Å². The summed E-state index contributed by atoms with van der Waals surface area (Å²) in [5.41, 5.74) is 1.09. The third kappa shape index (κ3) is 2.42. The van der Waals surface area contributed by atoms with E-state index in [1.807, 2.05) is 6.07 Å². The van der Waals surface area contributed by atoms with Crippen LogP contribution in [-0.4, -0.2) is 11.1 Å². The molecule has 1 aromatic rings. The van der Waals surface area contributed by atoms with Crippen molar-refractivity contribution >= 4 is 11.6 Å². The first-order chi connectivity index (χ1) is 6.34. The highest BCUT2D eigenvalue weighted by molar-refractivity contribution is 6.29. The average Bonchev–Trinajstić information content (AvgIpc) is 2.05. The van der Waals surface area contributed by atoms with Crippen LogP contribution in [0.2, 0.25) is 5.15 Å². The lowest BCUT2D eigenvalue weighted by atomic mass is 9.96. The van der Waals surface area contributed by atoms with Crippen molar-refractivity contribution in [3.8, 4) is 0 Å². The predicted octanol–water partition coefficient (Wildman–Crippen LogP) is 2.80. The molecule has 13 heavy (non-hydrogen) atoms. The fourth-order valence-electron chi connectivity index (χ4n) is 1.24. The molecule has 70 valence electrons. The molecule has 1 fully saturated rings. The molecular formula is C10H12ClNO. The monoisotopic (exact) mass is 197 g/mol. The Hall–Kier alpha value is -0.600. The molecule has 0 N–H and O–H groups in total. The Morgan fingerprint density at radius 2 is 2.31 bits per heavy atom. The molecule has 0 aromatic carbocycles. The number of hydrogen-bond acceptors (Lipinski definition) is 2. The molecule has 0 unspecified atom stereocenters. The number of nitrogens with zero attached hydrogens (tertiary/aromatic N) is 1. The second-order valence-corrected chi connectivity index (χ2v) is 3.74. The number of rotatable bonds is 3.